The van der Waals surface area contributed by atoms with Crippen LogP contribution < -0.4 is 5.32 Å². The molecule has 106 valence electrons. The summed E-state index contributed by atoms with van der Waals surface area (Å²) in [6.45, 7) is 3.34. The van der Waals surface area contributed by atoms with Gasteiger partial charge >= 0.3 is 0 Å². The average molecular weight is 259 g/mol. The van der Waals surface area contributed by atoms with E-state index in [0.717, 1.165) is 6.54 Å². The van der Waals surface area contributed by atoms with Crippen LogP contribution in [0.25, 0.3) is 0 Å². The summed E-state index contributed by atoms with van der Waals surface area (Å²) in [4.78, 5) is 0. The lowest BCUT2D eigenvalue weighted by molar-refractivity contribution is 0.272. The molecule has 1 aliphatic carbocycles. The minimum absolute atomic E-state index is 0.348. The molecule has 0 heterocycles. The highest BCUT2D eigenvalue weighted by Crippen LogP contribution is 2.29. The van der Waals surface area contributed by atoms with Crippen LogP contribution >= 0.6 is 0 Å². The molecule has 1 aromatic carbocycles. The Hall–Kier alpha value is -0.820. The zero-order valence-electron chi connectivity index (χ0n) is 12.5. The van der Waals surface area contributed by atoms with Crippen molar-refractivity contribution in [2.75, 3.05) is 6.54 Å². The van der Waals surface area contributed by atoms with Gasteiger partial charge in [0.15, 0.2) is 0 Å². The summed E-state index contributed by atoms with van der Waals surface area (Å²) in [5.41, 5.74) is 1.84. The van der Waals surface area contributed by atoms with E-state index in [2.05, 4.69) is 42.6 Å². The third kappa shape index (κ3) is 4.65. The van der Waals surface area contributed by atoms with Gasteiger partial charge in [0.1, 0.15) is 0 Å². The summed E-state index contributed by atoms with van der Waals surface area (Å²) in [5.74, 6) is 0. The first kappa shape index (κ1) is 14.6. The molecule has 19 heavy (non-hydrogen) atoms. The molecular weight excluding hydrogens is 230 g/mol. The SMILES string of the molecule is CCNC1(Cc2ccccc2)CCCCCCCC1. The number of rotatable bonds is 4. The molecule has 0 bridgehead atoms. The number of hydrogen-bond acceptors (Lipinski definition) is 1. The minimum Gasteiger partial charge on any atom is -0.311 e. The summed E-state index contributed by atoms with van der Waals surface area (Å²) in [6, 6.07) is 11.0. The molecule has 0 aromatic heterocycles. The summed E-state index contributed by atoms with van der Waals surface area (Å²) in [5, 5.41) is 3.84. The number of benzene rings is 1. The molecule has 0 radical (unpaired) electrons. The molecule has 1 fully saturated rings. The van der Waals surface area contributed by atoms with Gasteiger partial charge in [-0.15, -0.1) is 0 Å². The molecule has 1 aromatic rings. The fourth-order valence-corrected chi connectivity index (χ4v) is 3.54. The van der Waals surface area contributed by atoms with Crippen molar-refractivity contribution in [1.82, 2.24) is 5.32 Å². The molecule has 1 nitrogen and oxygen atoms in total. The Kier molecular flexibility index (Phi) is 5.91. The quantitative estimate of drug-likeness (QED) is 0.825. The molecule has 0 atom stereocenters. The van der Waals surface area contributed by atoms with E-state index in [1.807, 2.05) is 0 Å². The topological polar surface area (TPSA) is 12.0 Å². The number of likely N-dealkylation sites (N-methyl/N-ethyl adjacent to an activating group) is 1. The van der Waals surface area contributed by atoms with Gasteiger partial charge in [-0.2, -0.15) is 0 Å². The first-order valence-electron chi connectivity index (χ1n) is 8.14. The predicted molar refractivity (Wildman–Crippen MR) is 83.5 cm³/mol. The molecule has 2 rings (SSSR count). The van der Waals surface area contributed by atoms with Gasteiger partial charge in [-0.05, 0) is 31.4 Å². The number of hydrogen-bond donors (Lipinski definition) is 1. The van der Waals surface area contributed by atoms with Crippen LogP contribution in [0, 0.1) is 0 Å². The predicted octanol–water partition coefficient (Wildman–Crippen LogP) is 4.71. The van der Waals surface area contributed by atoms with Crippen LogP contribution in [0.4, 0.5) is 0 Å². The van der Waals surface area contributed by atoms with Crippen LogP contribution in [0.15, 0.2) is 30.3 Å². The maximum absolute atomic E-state index is 3.84. The molecule has 0 spiro atoms. The van der Waals surface area contributed by atoms with Gasteiger partial charge < -0.3 is 5.32 Å². The van der Waals surface area contributed by atoms with Crippen molar-refractivity contribution in [3.8, 4) is 0 Å². The van der Waals surface area contributed by atoms with Crippen LogP contribution in [-0.2, 0) is 6.42 Å². The van der Waals surface area contributed by atoms with Crippen molar-refractivity contribution < 1.29 is 0 Å². The first-order chi connectivity index (χ1) is 9.35. The number of nitrogens with one attached hydrogen (secondary N) is 1. The van der Waals surface area contributed by atoms with Crippen molar-refractivity contribution in [3.05, 3.63) is 35.9 Å². The molecule has 0 saturated heterocycles. The average Bonchev–Trinajstić information content (AvgIpc) is 2.53. The molecule has 1 aliphatic rings. The van der Waals surface area contributed by atoms with E-state index >= 15 is 0 Å². The monoisotopic (exact) mass is 259 g/mol. The van der Waals surface area contributed by atoms with Crippen LogP contribution in [0.2, 0.25) is 0 Å². The summed E-state index contributed by atoms with van der Waals surface area (Å²) in [7, 11) is 0. The van der Waals surface area contributed by atoms with E-state index in [4.69, 9.17) is 0 Å². The highest BCUT2D eigenvalue weighted by molar-refractivity contribution is 5.18. The van der Waals surface area contributed by atoms with Gasteiger partial charge in [0.2, 0.25) is 0 Å². The molecular formula is C18H29N. The third-order valence-electron chi connectivity index (χ3n) is 4.50. The Morgan fingerprint density at radius 3 is 2.05 bits per heavy atom. The maximum Gasteiger partial charge on any atom is 0.0221 e. The van der Waals surface area contributed by atoms with Crippen molar-refractivity contribution >= 4 is 0 Å². The van der Waals surface area contributed by atoms with Crippen molar-refractivity contribution in [2.24, 2.45) is 0 Å². The second-order valence-corrected chi connectivity index (χ2v) is 6.09. The van der Waals surface area contributed by atoms with Crippen LogP contribution in [0.1, 0.15) is 63.9 Å². The normalized spacial score (nSPS) is 20.3. The van der Waals surface area contributed by atoms with Gasteiger partial charge in [-0.3, -0.25) is 0 Å². The molecule has 0 aliphatic heterocycles. The van der Waals surface area contributed by atoms with Crippen LogP contribution in [-0.4, -0.2) is 12.1 Å². The van der Waals surface area contributed by atoms with Gasteiger partial charge in [0.05, 0.1) is 0 Å². The molecule has 0 amide bonds. The molecule has 0 unspecified atom stereocenters. The highest BCUT2D eigenvalue weighted by Gasteiger charge is 2.28. The van der Waals surface area contributed by atoms with E-state index < -0.39 is 0 Å². The van der Waals surface area contributed by atoms with Gasteiger partial charge in [0, 0.05) is 5.54 Å². The van der Waals surface area contributed by atoms with Crippen molar-refractivity contribution in [3.63, 3.8) is 0 Å². The van der Waals surface area contributed by atoms with E-state index in [1.54, 1.807) is 0 Å². The second-order valence-electron chi connectivity index (χ2n) is 6.09. The smallest absolute Gasteiger partial charge is 0.0221 e. The maximum atomic E-state index is 3.84. The molecule has 1 saturated carbocycles. The van der Waals surface area contributed by atoms with Gasteiger partial charge in [-0.1, -0.05) is 75.8 Å². The second kappa shape index (κ2) is 7.69. The fraction of sp³-hybridized carbons (Fsp3) is 0.667. The zero-order chi connectivity index (χ0) is 13.4. The molecule has 1 heteroatoms. The Balaban J connectivity index is 2.09. The standard InChI is InChI=1S/C18H29N/c1-2-19-18(16-17-12-8-7-9-13-17)14-10-5-3-4-6-11-15-18/h7-9,12-13,19H,2-6,10-11,14-16H2,1H3. The Morgan fingerprint density at radius 2 is 1.47 bits per heavy atom. The van der Waals surface area contributed by atoms with Crippen LogP contribution in [0.3, 0.4) is 0 Å². The summed E-state index contributed by atoms with van der Waals surface area (Å²) >= 11 is 0. The van der Waals surface area contributed by atoms with Gasteiger partial charge in [-0.25, -0.2) is 0 Å². The highest BCUT2D eigenvalue weighted by atomic mass is 15.0. The largest absolute Gasteiger partial charge is 0.311 e. The van der Waals surface area contributed by atoms with Crippen molar-refractivity contribution in [1.29, 1.82) is 0 Å². The summed E-state index contributed by atoms with van der Waals surface area (Å²) in [6.07, 6.45) is 12.4. The Bertz CT molecular complexity index is 334. The Morgan fingerprint density at radius 1 is 0.895 bits per heavy atom. The van der Waals surface area contributed by atoms with E-state index in [1.165, 1.54) is 63.4 Å². The summed E-state index contributed by atoms with van der Waals surface area (Å²) < 4.78 is 0. The lowest BCUT2D eigenvalue weighted by Crippen LogP contribution is -2.47. The lowest BCUT2D eigenvalue weighted by Gasteiger charge is -2.35. The van der Waals surface area contributed by atoms with Crippen molar-refractivity contribution in [2.45, 2.75) is 70.3 Å². The zero-order valence-corrected chi connectivity index (χ0v) is 12.5. The molecule has 1 N–H and O–H groups in total. The first-order valence-corrected chi connectivity index (χ1v) is 8.14. The Labute approximate surface area is 118 Å². The van der Waals surface area contributed by atoms with Gasteiger partial charge in [0.25, 0.3) is 0 Å². The minimum atomic E-state index is 0.348. The van der Waals surface area contributed by atoms with E-state index in [-0.39, 0.29) is 0 Å². The third-order valence-corrected chi connectivity index (χ3v) is 4.50. The van der Waals surface area contributed by atoms with Crippen LogP contribution in [0.5, 0.6) is 0 Å². The van der Waals surface area contributed by atoms with E-state index in [9.17, 15) is 0 Å². The lowest BCUT2D eigenvalue weighted by atomic mass is 9.82. The van der Waals surface area contributed by atoms with E-state index in [0.29, 0.717) is 5.54 Å². The fourth-order valence-electron chi connectivity index (χ4n) is 3.54.